The van der Waals surface area contributed by atoms with E-state index in [0.717, 1.165) is 17.7 Å². The van der Waals surface area contributed by atoms with Gasteiger partial charge >= 0.3 is 5.97 Å². The Hall–Kier alpha value is -2.11. The molecule has 0 amide bonds. The summed E-state index contributed by atoms with van der Waals surface area (Å²) in [5.74, 6) is -0.333. The van der Waals surface area contributed by atoms with Crippen LogP contribution in [0.1, 0.15) is 39.9 Å². The average Bonchev–Trinajstić information content (AvgIpc) is 2.75. The van der Waals surface area contributed by atoms with Crippen LogP contribution in [-0.2, 0) is 7.05 Å². The van der Waals surface area contributed by atoms with Gasteiger partial charge in [-0.1, -0.05) is 0 Å². The van der Waals surface area contributed by atoms with E-state index in [4.69, 9.17) is 5.11 Å². The molecule has 0 bridgehead atoms. The van der Waals surface area contributed by atoms with Crippen LogP contribution in [0, 0.1) is 0 Å². The van der Waals surface area contributed by atoms with Crippen molar-refractivity contribution in [2.45, 2.75) is 18.3 Å². The third-order valence-electron chi connectivity index (χ3n) is 3.21. The number of nitrogens with zero attached hydrogens (tertiary/aromatic N) is 3. The van der Waals surface area contributed by atoms with Crippen LogP contribution in [0.4, 0.5) is 0 Å². The summed E-state index contributed by atoms with van der Waals surface area (Å²) in [5, 5.41) is 19.8. The quantitative estimate of drug-likeness (QED) is 0.830. The minimum Gasteiger partial charge on any atom is -0.478 e. The molecule has 0 saturated heterocycles. The monoisotopic (exact) mass is 232 g/mol. The molecule has 1 saturated carbocycles. The lowest BCUT2D eigenvalue weighted by Crippen LogP contribution is -1.99. The number of aromatic amines is 1. The molecule has 0 aromatic carbocycles. The molecule has 3 rings (SSSR count). The molecule has 2 aromatic heterocycles. The van der Waals surface area contributed by atoms with Crippen molar-refractivity contribution in [3.63, 3.8) is 0 Å². The van der Waals surface area contributed by atoms with Crippen LogP contribution >= 0.6 is 0 Å². The first-order valence-electron chi connectivity index (χ1n) is 5.42. The molecule has 1 aliphatic rings. The molecule has 0 unspecified atom stereocenters. The lowest BCUT2D eigenvalue weighted by molar-refractivity contribution is 0.0695. The number of aryl methyl sites for hydroxylation is 1. The molecule has 0 radical (unpaired) electrons. The van der Waals surface area contributed by atoms with Crippen LogP contribution < -0.4 is 0 Å². The van der Waals surface area contributed by atoms with E-state index in [0.29, 0.717) is 5.92 Å². The maximum atomic E-state index is 11.0. The largest absolute Gasteiger partial charge is 0.478 e. The number of nitrogens with one attached hydrogen (secondary N) is 1. The molecule has 2 heterocycles. The van der Waals surface area contributed by atoms with E-state index in [2.05, 4.69) is 15.3 Å². The zero-order valence-corrected chi connectivity index (χ0v) is 9.29. The van der Waals surface area contributed by atoms with E-state index in [1.165, 1.54) is 6.20 Å². The summed E-state index contributed by atoms with van der Waals surface area (Å²) in [5.41, 5.74) is 2.16. The standard InChI is InChI=1S/C11H12N4O2/c1-15-5-6(3-13-15)7-2-8(7)10-9(11(16)17)4-12-14-10/h3-5,7-8H,2H2,1H3,(H,12,14)(H,16,17)/t7-,8+/m0/s1. The molecule has 6 nitrogen and oxygen atoms in total. The highest BCUT2D eigenvalue weighted by atomic mass is 16.4. The van der Waals surface area contributed by atoms with Crippen LogP contribution in [0.15, 0.2) is 18.6 Å². The second kappa shape index (κ2) is 3.44. The van der Waals surface area contributed by atoms with Crippen LogP contribution in [0.25, 0.3) is 0 Å². The van der Waals surface area contributed by atoms with E-state index in [-0.39, 0.29) is 11.5 Å². The molecule has 1 fully saturated rings. The summed E-state index contributed by atoms with van der Waals surface area (Å²) in [7, 11) is 1.87. The molecule has 0 spiro atoms. The average molecular weight is 232 g/mol. The summed E-state index contributed by atoms with van der Waals surface area (Å²) in [6, 6.07) is 0. The minimum absolute atomic E-state index is 0.229. The zero-order valence-electron chi connectivity index (χ0n) is 9.29. The lowest BCUT2D eigenvalue weighted by atomic mass is 10.1. The van der Waals surface area contributed by atoms with Gasteiger partial charge in [0, 0.05) is 19.2 Å². The normalized spacial score (nSPS) is 22.6. The fourth-order valence-electron chi connectivity index (χ4n) is 2.26. The van der Waals surface area contributed by atoms with Crippen molar-refractivity contribution in [1.82, 2.24) is 20.0 Å². The predicted molar refractivity (Wildman–Crippen MR) is 58.9 cm³/mol. The Morgan fingerprint density at radius 3 is 3.00 bits per heavy atom. The van der Waals surface area contributed by atoms with Gasteiger partial charge in [-0.3, -0.25) is 9.78 Å². The van der Waals surface area contributed by atoms with E-state index in [9.17, 15) is 4.79 Å². The van der Waals surface area contributed by atoms with Crippen molar-refractivity contribution in [2.75, 3.05) is 0 Å². The smallest absolute Gasteiger partial charge is 0.339 e. The van der Waals surface area contributed by atoms with E-state index in [1.54, 1.807) is 4.68 Å². The highest BCUT2D eigenvalue weighted by Crippen LogP contribution is 2.54. The van der Waals surface area contributed by atoms with Crippen molar-refractivity contribution in [3.05, 3.63) is 35.4 Å². The topological polar surface area (TPSA) is 83.8 Å². The van der Waals surface area contributed by atoms with Gasteiger partial charge in [0.1, 0.15) is 5.56 Å². The molecule has 88 valence electrons. The van der Waals surface area contributed by atoms with Crippen LogP contribution in [0.3, 0.4) is 0 Å². The molecule has 6 heteroatoms. The Morgan fingerprint density at radius 2 is 2.35 bits per heavy atom. The Kier molecular flexibility index (Phi) is 2.04. The van der Waals surface area contributed by atoms with Crippen LogP contribution in [0.2, 0.25) is 0 Å². The van der Waals surface area contributed by atoms with Gasteiger partial charge in [-0.05, 0) is 17.9 Å². The number of carboxylic acid groups (broad SMARTS) is 1. The van der Waals surface area contributed by atoms with Crippen LogP contribution in [-0.4, -0.2) is 31.1 Å². The Labute approximate surface area is 97.3 Å². The molecule has 0 aliphatic heterocycles. The number of hydrogen-bond acceptors (Lipinski definition) is 3. The van der Waals surface area contributed by atoms with E-state index >= 15 is 0 Å². The van der Waals surface area contributed by atoms with Crippen molar-refractivity contribution in [1.29, 1.82) is 0 Å². The number of hydrogen-bond donors (Lipinski definition) is 2. The first-order chi connectivity index (χ1) is 8.16. The highest BCUT2D eigenvalue weighted by molar-refractivity contribution is 5.89. The first kappa shape index (κ1) is 10.1. The lowest BCUT2D eigenvalue weighted by Gasteiger charge is -1.97. The molecule has 1 aliphatic carbocycles. The summed E-state index contributed by atoms with van der Waals surface area (Å²) < 4.78 is 1.76. The Bertz CT molecular complexity index is 572. The minimum atomic E-state index is -0.925. The molecule has 17 heavy (non-hydrogen) atoms. The predicted octanol–water partition coefficient (Wildman–Crippen LogP) is 1.11. The van der Waals surface area contributed by atoms with E-state index in [1.807, 2.05) is 19.4 Å². The van der Waals surface area contributed by atoms with Gasteiger partial charge in [0.15, 0.2) is 0 Å². The third-order valence-corrected chi connectivity index (χ3v) is 3.21. The molecular formula is C11H12N4O2. The number of rotatable bonds is 3. The highest BCUT2D eigenvalue weighted by Gasteiger charge is 2.43. The van der Waals surface area contributed by atoms with Gasteiger partial charge in [0.25, 0.3) is 0 Å². The summed E-state index contributed by atoms with van der Waals surface area (Å²) in [6.07, 6.45) is 6.13. The van der Waals surface area contributed by atoms with Gasteiger partial charge in [0.2, 0.25) is 0 Å². The van der Waals surface area contributed by atoms with Gasteiger partial charge < -0.3 is 5.11 Å². The summed E-state index contributed by atoms with van der Waals surface area (Å²) in [4.78, 5) is 11.0. The fraction of sp³-hybridized carbons (Fsp3) is 0.364. The summed E-state index contributed by atoms with van der Waals surface area (Å²) in [6.45, 7) is 0. The van der Waals surface area contributed by atoms with Gasteiger partial charge in [0.05, 0.1) is 18.1 Å². The second-order valence-corrected chi connectivity index (χ2v) is 4.40. The molecule has 2 aromatic rings. The SMILES string of the molecule is Cn1cc([C@@H]2C[C@H]2c2[nH]ncc2C(=O)O)cn1. The number of aromatic nitrogens is 4. The number of carbonyl (C=O) groups is 1. The van der Waals surface area contributed by atoms with Gasteiger partial charge in [-0.25, -0.2) is 4.79 Å². The van der Waals surface area contributed by atoms with Gasteiger partial charge in [-0.15, -0.1) is 0 Å². The van der Waals surface area contributed by atoms with Crippen molar-refractivity contribution in [3.8, 4) is 0 Å². The van der Waals surface area contributed by atoms with E-state index < -0.39 is 5.97 Å². The maximum absolute atomic E-state index is 11.0. The first-order valence-corrected chi connectivity index (χ1v) is 5.42. The number of H-pyrrole nitrogens is 1. The van der Waals surface area contributed by atoms with Crippen molar-refractivity contribution < 1.29 is 9.90 Å². The molecule has 2 atom stereocenters. The third kappa shape index (κ3) is 1.61. The van der Waals surface area contributed by atoms with Crippen LogP contribution in [0.5, 0.6) is 0 Å². The maximum Gasteiger partial charge on any atom is 0.339 e. The summed E-state index contributed by atoms with van der Waals surface area (Å²) >= 11 is 0. The fourth-order valence-corrected chi connectivity index (χ4v) is 2.26. The zero-order chi connectivity index (χ0) is 12.0. The van der Waals surface area contributed by atoms with Gasteiger partial charge in [-0.2, -0.15) is 10.2 Å². The Balaban J connectivity index is 1.84. The number of carboxylic acids is 1. The Morgan fingerprint density at radius 1 is 1.53 bits per heavy atom. The molecule has 2 N–H and O–H groups in total. The number of aromatic carboxylic acids is 1. The van der Waals surface area contributed by atoms with Crippen molar-refractivity contribution >= 4 is 5.97 Å². The molecular weight excluding hydrogens is 220 g/mol. The van der Waals surface area contributed by atoms with Crippen molar-refractivity contribution in [2.24, 2.45) is 7.05 Å². The second-order valence-electron chi connectivity index (χ2n) is 4.40.